The minimum atomic E-state index is 0.0136. The number of carbonyl (C=O) groups excluding carboxylic acids is 1. The van der Waals surface area contributed by atoms with E-state index in [4.69, 9.17) is 5.11 Å². The van der Waals surface area contributed by atoms with Gasteiger partial charge in [0.05, 0.1) is 5.69 Å². The molecule has 1 aromatic rings. The molecular formula is C14H25N3O2. The molecule has 0 spiro atoms. The number of hydrogen-bond donors (Lipinski definition) is 2. The Bertz CT molecular complexity index is 413. The molecule has 0 bridgehead atoms. The summed E-state index contributed by atoms with van der Waals surface area (Å²) >= 11 is 0. The van der Waals surface area contributed by atoms with Gasteiger partial charge in [-0.2, -0.15) is 5.10 Å². The summed E-state index contributed by atoms with van der Waals surface area (Å²) < 4.78 is 1.85. The molecule has 0 radical (unpaired) electrons. The normalized spacial score (nSPS) is 12.7. The molecule has 1 amide bonds. The summed E-state index contributed by atoms with van der Waals surface area (Å²) in [4.78, 5) is 11.9. The van der Waals surface area contributed by atoms with Crippen molar-refractivity contribution < 1.29 is 9.90 Å². The molecule has 1 atom stereocenters. The maximum Gasteiger partial charge on any atom is 0.222 e. The predicted octanol–water partition coefficient (Wildman–Crippen LogP) is 1.41. The van der Waals surface area contributed by atoms with E-state index < -0.39 is 0 Å². The summed E-state index contributed by atoms with van der Waals surface area (Å²) in [6, 6.07) is 2.04. The summed E-state index contributed by atoms with van der Waals surface area (Å²) in [5.41, 5.74) is 2.04. The van der Waals surface area contributed by atoms with E-state index in [0.29, 0.717) is 25.3 Å². The quantitative estimate of drug-likeness (QED) is 0.785. The number of nitrogens with zero attached hydrogens (tertiary/aromatic N) is 2. The average molecular weight is 267 g/mol. The van der Waals surface area contributed by atoms with Crippen molar-refractivity contribution in [1.82, 2.24) is 15.1 Å². The van der Waals surface area contributed by atoms with Crippen LogP contribution in [0.3, 0.4) is 0 Å². The maximum atomic E-state index is 11.9. The van der Waals surface area contributed by atoms with Gasteiger partial charge in [0.25, 0.3) is 0 Å². The Balaban J connectivity index is 2.44. The zero-order chi connectivity index (χ0) is 14.4. The van der Waals surface area contributed by atoms with E-state index in [1.807, 2.05) is 38.4 Å². The first-order valence-electron chi connectivity index (χ1n) is 6.85. The van der Waals surface area contributed by atoms with Crippen molar-refractivity contribution >= 4 is 5.91 Å². The minimum absolute atomic E-state index is 0.0136. The number of rotatable bonds is 7. The van der Waals surface area contributed by atoms with E-state index in [0.717, 1.165) is 11.4 Å². The maximum absolute atomic E-state index is 11.9. The van der Waals surface area contributed by atoms with E-state index >= 15 is 0 Å². The van der Waals surface area contributed by atoms with Gasteiger partial charge in [0, 0.05) is 31.3 Å². The largest absolute Gasteiger partial charge is 0.396 e. The third kappa shape index (κ3) is 5.03. The molecular weight excluding hydrogens is 242 g/mol. The van der Waals surface area contributed by atoms with Crippen LogP contribution in [0.1, 0.15) is 38.1 Å². The zero-order valence-corrected chi connectivity index (χ0v) is 12.3. The molecule has 0 saturated heterocycles. The van der Waals surface area contributed by atoms with Gasteiger partial charge in [-0.25, -0.2) is 0 Å². The average Bonchev–Trinajstić information content (AvgIpc) is 2.64. The Morgan fingerprint density at radius 1 is 1.47 bits per heavy atom. The van der Waals surface area contributed by atoms with E-state index in [1.54, 1.807) is 0 Å². The van der Waals surface area contributed by atoms with Crippen LogP contribution in [0.15, 0.2) is 6.07 Å². The highest BCUT2D eigenvalue weighted by Gasteiger charge is 2.15. The minimum Gasteiger partial charge on any atom is -0.396 e. The number of amides is 1. The Morgan fingerprint density at radius 2 is 2.16 bits per heavy atom. The third-order valence-electron chi connectivity index (χ3n) is 3.25. The lowest BCUT2D eigenvalue weighted by Gasteiger charge is -2.21. The number of hydrogen-bond acceptors (Lipinski definition) is 3. The molecule has 108 valence electrons. The second-order valence-electron chi connectivity index (χ2n) is 5.33. The summed E-state index contributed by atoms with van der Waals surface area (Å²) in [6.45, 7) is 8.71. The van der Waals surface area contributed by atoms with Gasteiger partial charge in [0.1, 0.15) is 0 Å². The van der Waals surface area contributed by atoms with E-state index in [9.17, 15) is 4.79 Å². The predicted molar refractivity (Wildman–Crippen MR) is 74.8 cm³/mol. The lowest BCUT2D eigenvalue weighted by molar-refractivity contribution is -0.122. The molecule has 1 unspecified atom stereocenters. The fourth-order valence-electron chi connectivity index (χ4n) is 2.10. The fourth-order valence-corrected chi connectivity index (χ4v) is 2.10. The first kappa shape index (κ1) is 15.7. The second-order valence-corrected chi connectivity index (χ2v) is 5.33. The van der Waals surface area contributed by atoms with Gasteiger partial charge < -0.3 is 10.4 Å². The first-order valence-corrected chi connectivity index (χ1v) is 6.85. The standard InChI is InChI=1S/C14H25N3O2/c1-10(2)13(6-8-18)15-14(19)5-7-17-12(4)9-11(3)16-17/h9-10,13,18H,5-8H2,1-4H3,(H,15,19). The number of aliphatic hydroxyl groups is 1. The fraction of sp³-hybridized carbons (Fsp3) is 0.714. The molecule has 1 aromatic heterocycles. The van der Waals surface area contributed by atoms with Crippen molar-refractivity contribution in [3.63, 3.8) is 0 Å². The van der Waals surface area contributed by atoms with Gasteiger partial charge in [-0.05, 0) is 32.3 Å². The SMILES string of the molecule is Cc1cc(C)n(CCC(=O)NC(CCO)C(C)C)n1. The highest BCUT2D eigenvalue weighted by atomic mass is 16.3. The second kappa shape index (κ2) is 7.28. The van der Waals surface area contributed by atoms with Crippen LogP contribution in [0.5, 0.6) is 0 Å². The van der Waals surface area contributed by atoms with Crippen LogP contribution >= 0.6 is 0 Å². The summed E-state index contributed by atoms with van der Waals surface area (Å²) in [5, 5.41) is 16.3. The Labute approximate surface area is 115 Å². The van der Waals surface area contributed by atoms with Crippen molar-refractivity contribution in [1.29, 1.82) is 0 Å². The van der Waals surface area contributed by atoms with Crippen molar-refractivity contribution in [2.75, 3.05) is 6.61 Å². The highest BCUT2D eigenvalue weighted by molar-refractivity contribution is 5.76. The van der Waals surface area contributed by atoms with Gasteiger partial charge in [-0.1, -0.05) is 13.8 Å². The number of aromatic nitrogens is 2. The summed E-state index contributed by atoms with van der Waals surface area (Å²) in [5.74, 6) is 0.337. The van der Waals surface area contributed by atoms with E-state index in [2.05, 4.69) is 10.4 Å². The molecule has 1 heterocycles. The Kier molecular flexibility index (Phi) is 6.02. The smallest absolute Gasteiger partial charge is 0.222 e. The Hall–Kier alpha value is -1.36. The summed E-state index contributed by atoms with van der Waals surface area (Å²) in [7, 11) is 0. The number of carbonyl (C=O) groups is 1. The van der Waals surface area contributed by atoms with Crippen molar-refractivity contribution in [3.8, 4) is 0 Å². The molecule has 1 rings (SSSR count). The highest BCUT2D eigenvalue weighted by Crippen LogP contribution is 2.07. The van der Waals surface area contributed by atoms with Crippen LogP contribution in [-0.4, -0.2) is 33.4 Å². The first-order chi connectivity index (χ1) is 8.93. The lowest BCUT2D eigenvalue weighted by atomic mass is 10.0. The van der Waals surface area contributed by atoms with Gasteiger partial charge in [0.15, 0.2) is 0 Å². The van der Waals surface area contributed by atoms with Gasteiger partial charge in [-0.15, -0.1) is 0 Å². The Morgan fingerprint density at radius 3 is 2.63 bits per heavy atom. The number of aryl methyl sites for hydroxylation is 3. The van der Waals surface area contributed by atoms with Crippen LogP contribution < -0.4 is 5.32 Å². The monoisotopic (exact) mass is 267 g/mol. The van der Waals surface area contributed by atoms with Crippen molar-refractivity contribution in [2.45, 2.75) is 53.1 Å². The molecule has 5 nitrogen and oxygen atoms in total. The number of nitrogens with one attached hydrogen (secondary N) is 1. The molecule has 0 aliphatic carbocycles. The van der Waals surface area contributed by atoms with Crippen LogP contribution in [0.4, 0.5) is 0 Å². The van der Waals surface area contributed by atoms with Crippen LogP contribution in [-0.2, 0) is 11.3 Å². The third-order valence-corrected chi connectivity index (χ3v) is 3.25. The molecule has 0 aliphatic rings. The molecule has 5 heteroatoms. The molecule has 0 aromatic carbocycles. The lowest BCUT2D eigenvalue weighted by Crippen LogP contribution is -2.39. The van der Waals surface area contributed by atoms with Crippen LogP contribution in [0.2, 0.25) is 0 Å². The molecule has 2 N–H and O–H groups in total. The van der Waals surface area contributed by atoms with Crippen molar-refractivity contribution in [3.05, 3.63) is 17.5 Å². The molecule has 19 heavy (non-hydrogen) atoms. The van der Waals surface area contributed by atoms with E-state index in [1.165, 1.54) is 0 Å². The van der Waals surface area contributed by atoms with Gasteiger partial charge >= 0.3 is 0 Å². The van der Waals surface area contributed by atoms with E-state index in [-0.39, 0.29) is 18.6 Å². The van der Waals surface area contributed by atoms with Crippen molar-refractivity contribution in [2.24, 2.45) is 5.92 Å². The van der Waals surface area contributed by atoms with Crippen LogP contribution in [0, 0.1) is 19.8 Å². The topological polar surface area (TPSA) is 67.2 Å². The number of aliphatic hydroxyl groups excluding tert-OH is 1. The molecule has 0 aliphatic heterocycles. The zero-order valence-electron chi connectivity index (χ0n) is 12.3. The van der Waals surface area contributed by atoms with Crippen LogP contribution in [0.25, 0.3) is 0 Å². The molecule has 0 saturated carbocycles. The van der Waals surface area contributed by atoms with Gasteiger partial charge in [-0.3, -0.25) is 9.48 Å². The summed E-state index contributed by atoms with van der Waals surface area (Å²) in [6.07, 6.45) is 1.01. The molecule has 0 fully saturated rings. The van der Waals surface area contributed by atoms with Gasteiger partial charge in [0.2, 0.25) is 5.91 Å².